The molecule has 2 aromatic rings. The zero-order chi connectivity index (χ0) is 17.1. The van der Waals surface area contributed by atoms with Gasteiger partial charge in [-0.3, -0.25) is 9.59 Å². The first-order valence-electron chi connectivity index (χ1n) is 7.80. The van der Waals surface area contributed by atoms with Crippen LogP contribution in [0.25, 0.3) is 0 Å². The van der Waals surface area contributed by atoms with Crippen molar-refractivity contribution >= 4 is 17.5 Å². The number of methoxy groups -OCH3 is 1. The molecule has 1 aliphatic rings. The number of benzene rings is 1. The topological polar surface area (TPSA) is 75.9 Å². The van der Waals surface area contributed by atoms with Gasteiger partial charge < -0.3 is 19.0 Å². The van der Waals surface area contributed by atoms with Crippen molar-refractivity contribution in [2.24, 2.45) is 0 Å². The number of carbonyl (C=O) groups excluding carboxylic acids is 2. The number of anilines is 1. The first kappa shape index (κ1) is 16.0. The minimum atomic E-state index is -0.265. The number of hydrogen-bond donors (Lipinski definition) is 0. The summed E-state index contributed by atoms with van der Waals surface area (Å²) in [6, 6.07) is 7.32. The number of piperazine rings is 1. The Kier molecular flexibility index (Phi) is 4.50. The molecule has 0 unspecified atom stereocenters. The summed E-state index contributed by atoms with van der Waals surface area (Å²) in [5.41, 5.74) is 1.06. The van der Waals surface area contributed by atoms with E-state index in [-0.39, 0.29) is 18.4 Å². The van der Waals surface area contributed by atoms with Crippen molar-refractivity contribution in [3.63, 3.8) is 0 Å². The van der Waals surface area contributed by atoms with E-state index in [9.17, 15) is 9.59 Å². The second-order valence-corrected chi connectivity index (χ2v) is 5.45. The highest BCUT2D eigenvalue weighted by molar-refractivity contribution is 6.01. The standard InChI is InChI=1S/C17H19N3O4/c1-3-14-16(18-11-24-14)17(22)19-7-8-20(15(21)10-19)12-5-4-6-13(9-12)23-2/h4-6,9,11H,3,7-8,10H2,1-2H3. The maximum atomic E-state index is 12.5. The minimum Gasteiger partial charge on any atom is -0.497 e. The van der Waals surface area contributed by atoms with Crippen LogP contribution in [-0.4, -0.2) is 48.4 Å². The van der Waals surface area contributed by atoms with E-state index in [1.54, 1.807) is 12.0 Å². The zero-order valence-electron chi connectivity index (χ0n) is 13.7. The SMILES string of the molecule is CCc1ocnc1C(=O)N1CCN(c2cccc(OC)c2)C(=O)C1. The third-order valence-corrected chi connectivity index (χ3v) is 4.04. The van der Waals surface area contributed by atoms with E-state index in [2.05, 4.69) is 4.98 Å². The van der Waals surface area contributed by atoms with Gasteiger partial charge in [-0.05, 0) is 12.1 Å². The molecule has 126 valence electrons. The maximum Gasteiger partial charge on any atom is 0.276 e. The number of rotatable bonds is 4. The Hall–Kier alpha value is -2.83. The summed E-state index contributed by atoms with van der Waals surface area (Å²) in [7, 11) is 1.58. The van der Waals surface area contributed by atoms with Crippen LogP contribution in [0.2, 0.25) is 0 Å². The number of oxazole rings is 1. The summed E-state index contributed by atoms with van der Waals surface area (Å²) in [5.74, 6) is 0.834. The van der Waals surface area contributed by atoms with Crippen molar-refractivity contribution in [1.29, 1.82) is 0 Å². The minimum absolute atomic E-state index is 0.0199. The molecule has 0 bridgehead atoms. The fraction of sp³-hybridized carbons (Fsp3) is 0.353. The molecule has 1 saturated heterocycles. The lowest BCUT2D eigenvalue weighted by atomic mass is 10.2. The highest BCUT2D eigenvalue weighted by Crippen LogP contribution is 2.23. The first-order chi connectivity index (χ1) is 11.6. The Balaban J connectivity index is 1.73. The van der Waals surface area contributed by atoms with E-state index in [4.69, 9.17) is 9.15 Å². The normalized spacial score (nSPS) is 14.8. The molecule has 1 aliphatic heterocycles. The second kappa shape index (κ2) is 6.74. The van der Waals surface area contributed by atoms with Crippen LogP contribution in [0.15, 0.2) is 35.1 Å². The van der Waals surface area contributed by atoms with E-state index in [1.807, 2.05) is 31.2 Å². The number of ether oxygens (including phenoxy) is 1. The molecule has 7 heteroatoms. The molecule has 24 heavy (non-hydrogen) atoms. The Morgan fingerprint density at radius 1 is 1.38 bits per heavy atom. The van der Waals surface area contributed by atoms with E-state index in [1.165, 1.54) is 11.3 Å². The largest absolute Gasteiger partial charge is 0.497 e. The lowest BCUT2D eigenvalue weighted by Gasteiger charge is -2.34. The van der Waals surface area contributed by atoms with Crippen LogP contribution in [-0.2, 0) is 11.2 Å². The van der Waals surface area contributed by atoms with E-state index in [0.29, 0.717) is 36.7 Å². The number of amides is 2. The average molecular weight is 329 g/mol. The molecule has 2 amide bonds. The van der Waals surface area contributed by atoms with Crippen molar-refractivity contribution in [1.82, 2.24) is 9.88 Å². The van der Waals surface area contributed by atoms with Gasteiger partial charge >= 0.3 is 0 Å². The number of aryl methyl sites for hydroxylation is 1. The van der Waals surface area contributed by atoms with Crippen molar-refractivity contribution in [2.45, 2.75) is 13.3 Å². The maximum absolute atomic E-state index is 12.5. The van der Waals surface area contributed by atoms with Crippen LogP contribution in [0.1, 0.15) is 23.2 Å². The molecule has 0 saturated carbocycles. The smallest absolute Gasteiger partial charge is 0.276 e. The van der Waals surface area contributed by atoms with Gasteiger partial charge in [0.1, 0.15) is 18.1 Å². The molecule has 1 fully saturated rings. The Morgan fingerprint density at radius 3 is 2.92 bits per heavy atom. The molecule has 1 aromatic carbocycles. The zero-order valence-corrected chi connectivity index (χ0v) is 13.7. The lowest BCUT2D eigenvalue weighted by molar-refractivity contribution is -0.120. The van der Waals surface area contributed by atoms with Crippen LogP contribution in [0.4, 0.5) is 5.69 Å². The highest BCUT2D eigenvalue weighted by atomic mass is 16.5. The molecule has 0 spiro atoms. The fourth-order valence-corrected chi connectivity index (χ4v) is 2.74. The van der Waals surface area contributed by atoms with Crippen LogP contribution in [0, 0.1) is 0 Å². The molecule has 7 nitrogen and oxygen atoms in total. The molecule has 0 N–H and O–H groups in total. The van der Waals surface area contributed by atoms with Gasteiger partial charge in [-0.1, -0.05) is 13.0 Å². The predicted octanol–water partition coefficient (Wildman–Crippen LogP) is 1.73. The summed E-state index contributed by atoms with van der Waals surface area (Å²) in [5, 5.41) is 0. The van der Waals surface area contributed by atoms with E-state index in [0.717, 1.165) is 5.69 Å². The summed E-state index contributed by atoms with van der Waals surface area (Å²) in [6.07, 6.45) is 1.85. The van der Waals surface area contributed by atoms with Crippen molar-refractivity contribution in [3.05, 3.63) is 42.1 Å². The van der Waals surface area contributed by atoms with Gasteiger partial charge in [-0.25, -0.2) is 4.98 Å². The second-order valence-electron chi connectivity index (χ2n) is 5.45. The fourth-order valence-electron chi connectivity index (χ4n) is 2.74. The third kappa shape index (κ3) is 2.97. The third-order valence-electron chi connectivity index (χ3n) is 4.04. The van der Waals surface area contributed by atoms with Gasteiger partial charge in [0.25, 0.3) is 5.91 Å². The number of carbonyl (C=O) groups is 2. The Bertz CT molecular complexity index is 756. The van der Waals surface area contributed by atoms with Crippen LogP contribution in [0.3, 0.4) is 0 Å². The number of nitrogens with zero attached hydrogens (tertiary/aromatic N) is 3. The van der Waals surface area contributed by atoms with Gasteiger partial charge in [0.15, 0.2) is 12.1 Å². The average Bonchev–Trinajstić information content (AvgIpc) is 3.09. The molecule has 0 radical (unpaired) electrons. The highest BCUT2D eigenvalue weighted by Gasteiger charge is 2.30. The monoisotopic (exact) mass is 329 g/mol. The summed E-state index contributed by atoms with van der Waals surface area (Å²) in [6.45, 7) is 2.78. The van der Waals surface area contributed by atoms with Crippen molar-refractivity contribution in [2.75, 3.05) is 31.6 Å². The summed E-state index contributed by atoms with van der Waals surface area (Å²) >= 11 is 0. The van der Waals surface area contributed by atoms with Gasteiger partial charge in [0.05, 0.1) is 7.11 Å². The molecular weight excluding hydrogens is 310 g/mol. The molecule has 0 aliphatic carbocycles. The van der Waals surface area contributed by atoms with Gasteiger partial charge in [0, 0.05) is 31.3 Å². The van der Waals surface area contributed by atoms with E-state index < -0.39 is 0 Å². The number of aromatic nitrogens is 1. The summed E-state index contributed by atoms with van der Waals surface area (Å²) < 4.78 is 10.4. The predicted molar refractivity (Wildman–Crippen MR) is 87.1 cm³/mol. The molecule has 1 aromatic heterocycles. The van der Waals surface area contributed by atoms with Crippen LogP contribution >= 0.6 is 0 Å². The van der Waals surface area contributed by atoms with Crippen LogP contribution in [0.5, 0.6) is 5.75 Å². The molecule has 0 atom stereocenters. The Morgan fingerprint density at radius 2 is 2.21 bits per heavy atom. The molecular formula is C17H19N3O4. The van der Waals surface area contributed by atoms with Crippen LogP contribution < -0.4 is 9.64 Å². The number of hydrogen-bond acceptors (Lipinski definition) is 5. The molecule has 2 heterocycles. The van der Waals surface area contributed by atoms with Crippen molar-refractivity contribution in [3.8, 4) is 5.75 Å². The Labute approximate surface area is 139 Å². The lowest BCUT2D eigenvalue weighted by Crippen LogP contribution is -2.52. The summed E-state index contributed by atoms with van der Waals surface area (Å²) in [4.78, 5) is 32.2. The van der Waals surface area contributed by atoms with Gasteiger partial charge in [-0.2, -0.15) is 0 Å². The quantitative estimate of drug-likeness (QED) is 0.854. The first-order valence-corrected chi connectivity index (χ1v) is 7.80. The molecule has 3 rings (SSSR count). The van der Waals surface area contributed by atoms with Crippen molar-refractivity contribution < 1.29 is 18.7 Å². The van der Waals surface area contributed by atoms with Gasteiger partial charge in [0.2, 0.25) is 5.91 Å². The van der Waals surface area contributed by atoms with Gasteiger partial charge in [-0.15, -0.1) is 0 Å². The van der Waals surface area contributed by atoms with E-state index >= 15 is 0 Å².